The molecule has 16 heavy (non-hydrogen) atoms. The summed E-state index contributed by atoms with van der Waals surface area (Å²) in [5.41, 5.74) is 3.94. The van der Waals surface area contributed by atoms with E-state index in [0.29, 0.717) is 0 Å². The number of pyridine rings is 1. The zero-order chi connectivity index (χ0) is 11.4. The molecular formula is C14H14N2. The lowest BCUT2D eigenvalue weighted by atomic mass is 10.2. The summed E-state index contributed by atoms with van der Waals surface area (Å²) in [5.74, 6) is 0. The van der Waals surface area contributed by atoms with E-state index in [-0.39, 0.29) is 0 Å². The Kier molecular flexibility index (Phi) is 3.01. The topological polar surface area (TPSA) is 24.9 Å². The molecule has 1 heterocycles. The predicted molar refractivity (Wildman–Crippen MR) is 68.1 cm³/mol. The Balaban J connectivity index is 2.18. The Morgan fingerprint density at radius 3 is 2.56 bits per heavy atom. The van der Waals surface area contributed by atoms with Crippen molar-refractivity contribution in [3.05, 3.63) is 66.5 Å². The second-order valence-electron chi connectivity index (χ2n) is 3.63. The smallest absolute Gasteiger partial charge is 0.0858 e. The summed E-state index contributed by atoms with van der Waals surface area (Å²) >= 11 is 0. The number of para-hydroxylation sites is 1. The van der Waals surface area contributed by atoms with Crippen molar-refractivity contribution in [1.82, 2.24) is 4.98 Å². The third-order valence-electron chi connectivity index (χ3n) is 2.40. The van der Waals surface area contributed by atoms with Crippen molar-refractivity contribution in [2.45, 2.75) is 6.92 Å². The van der Waals surface area contributed by atoms with E-state index in [9.17, 15) is 0 Å². The lowest BCUT2D eigenvalue weighted by molar-refractivity contribution is 1.27. The molecule has 1 aromatic heterocycles. The number of nitrogens with zero attached hydrogens (tertiary/aromatic N) is 1. The fourth-order valence-electron chi connectivity index (χ4n) is 1.48. The molecule has 0 aliphatic rings. The van der Waals surface area contributed by atoms with E-state index in [4.69, 9.17) is 0 Å². The highest BCUT2D eigenvalue weighted by Crippen LogP contribution is 2.18. The molecule has 80 valence electrons. The first-order chi connectivity index (χ1) is 7.77. The zero-order valence-electron chi connectivity index (χ0n) is 9.27. The van der Waals surface area contributed by atoms with Crippen LogP contribution in [0.5, 0.6) is 0 Å². The first-order valence-electron chi connectivity index (χ1n) is 5.20. The highest BCUT2D eigenvalue weighted by Gasteiger charge is 2.01. The van der Waals surface area contributed by atoms with E-state index in [1.165, 1.54) is 5.56 Å². The van der Waals surface area contributed by atoms with Gasteiger partial charge >= 0.3 is 0 Å². The van der Waals surface area contributed by atoms with Crippen molar-refractivity contribution < 1.29 is 0 Å². The minimum atomic E-state index is 0.815. The average molecular weight is 210 g/mol. The summed E-state index contributed by atoms with van der Waals surface area (Å²) in [6, 6.07) is 13.9. The summed E-state index contributed by atoms with van der Waals surface area (Å²) in [7, 11) is 0. The summed E-state index contributed by atoms with van der Waals surface area (Å²) in [5, 5.41) is 3.27. The maximum Gasteiger partial charge on any atom is 0.0858 e. The van der Waals surface area contributed by atoms with Gasteiger partial charge in [-0.3, -0.25) is 4.98 Å². The number of aryl methyl sites for hydroxylation is 1. The highest BCUT2D eigenvalue weighted by atomic mass is 14.9. The molecule has 0 atom stereocenters. The molecule has 0 spiro atoms. The molecule has 0 unspecified atom stereocenters. The van der Waals surface area contributed by atoms with Crippen LogP contribution in [0.25, 0.3) is 5.70 Å². The minimum Gasteiger partial charge on any atom is -0.354 e. The van der Waals surface area contributed by atoms with Gasteiger partial charge < -0.3 is 5.32 Å². The number of rotatable bonds is 3. The molecule has 0 saturated heterocycles. The number of anilines is 1. The molecule has 0 bridgehead atoms. The van der Waals surface area contributed by atoms with Gasteiger partial charge in [0, 0.05) is 11.9 Å². The predicted octanol–water partition coefficient (Wildman–Crippen LogP) is 3.47. The van der Waals surface area contributed by atoms with Gasteiger partial charge in [-0.25, -0.2) is 0 Å². The first-order valence-corrected chi connectivity index (χ1v) is 5.20. The van der Waals surface area contributed by atoms with Gasteiger partial charge in [0.15, 0.2) is 0 Å². The van der Waals surface area contributed by atoms with Gasteiger partial charge in [-0.2, -0.15) is 0 Å². The van der Waals surface area contributed by atoms with Crippen molar-refractivity contribution >= 4 is 11.4 Å². The third kappa shape index (κ3) is 2.28. The molecule has 2 heteroatoms. The minimum absolute atomic E-state index is 0.815. The summed E-state index contributed by atoms with van der Waals surface area (Å²) in [6.45, 7) is 6.05. The first kappa shape index (κ1) is 10.4. The van der Waals surface area contributed by atoms with Crippen LogP contribution in [0.4, 0.5) is 5.69 Å². The standard InChI is InChI=1S/C14H14N2/c1-11-7-3-4-8-13(11)16-12(2)14-9-5-6-10-15-14/h3-10,16H,2H2,1H3. The SMILES string of the molecule is C=C(Nc1ccccc1C)c1ccccn1. The molecule has 2 aromatic rings. The maximum atomic E-state index is 4.24. The fraction of sp³-hybridized carbons (Fsp3) is 0.0714. The molecule has 0 radical (unpaired) electrons. The van der Waals surface area contributed by atoms with Crippen molar-refractivity contribution in [3.63, 3.8) is 0 Å². The largest absolute Gasteiger partial charge is 0.354 e. The lowest BCUT2D eigenvalue weighted by Crippen LogP contribution is -2.00. The molecule has 2 nitrogen and oxygen atoms in total. The normalized spacial score (nSPS) is 9.81. The van der Waals surface area contributed by atoms with Crippen molar-refractivity contribution in [1.29, 1.82) is 0 Å². The van der Waals surface area contributed by atoms with E-state index in [2.05, 4.69) is 29.9 Å². The Labute approximate surface area is 95.7 Å². The molecular weight excluding hydrogens is 196 g/mol. The van der Waals surface area contributed by atoms with Crippen molar-refractivity contribution in [2.75, 3.05) is 5.32 Å². The van der Waals surface area contributed by atoms with Gasteiger partial charge in [0.05, 0.1) is 11.4 Å². The summed E-state index contributed by atoms with van der Waals surface area (Å²) in [4.78, 5) is 4.24. The monoisotopic (exact) mass is 210 g/mol. The summed E-state index contributed by atoms with van der Waals surface area (Å²) in [6.07, 6.45) is 1.76. The Hall–Kier alpha value is -2.09. The van der Waals surface area contributed by atoms with Crippen LogP contribution in [0.2, 0.25) is 0 Å². The third-order valence-corrected chi connectivity index (χ3v) is 2.40. The van der Waals surface area contributed by atoms with E-state index < -0.39 is 0 Å². The molecule has 0 aliphatic carbocycles. The van der Waals surface area contributed by atoms with E-state index >= 15 is 0 Å². The average Bonchev–Trinajstić information content (AvgIpc) is 2.33. The van der Waals surface area contributed by atoms with Gasteiger partial charge in [-0.15, -0.1) is 0 Å². The fourth-order valence-corrected chi connectivity index (χ4v) is 1.48. The summed E-state index contributed by atoms with van der Waals surface area (Å²) < 4.78 is 0. The van der Waals surface area contributed by atoms with Crippen LogP contribution in [0.3, 0.4) is 0 Å². The molecule has 0 aliphatic heterocycles. The second-order valence-corrected chi connectivity index (χ2v) is 3.63. The van der Waals surface area contributed by atoms with Crippen LogP contribution in [0.15, 0.2) is 55.2 Å². The van der Waals surface area contributed by atoms with Gasteiger partial charge in [-0.1, -0.05) is 30.8 Å². The number of hydrogen-bond donors (Lipinski definition) is 1. The second kappa shape index (κ2) is 4.62. The van der Waals surface area contributed by atoms with E-state index in [1.807, 2.05) is 36.4 Å². The van der Waals surface area contributed by atoms with Crippen molar-refractivity contribution in [2.24, 2.45) is 0 Å². The van der Waals surface area contributed by atoms with Crippen LogP contribution in [0, 0.1) is 6.92 Å². The van der Waals surface area contributed by atoms with Gasteiger partial charge in [0.25, 0.3) is 0 Å². The Morgan fingerprint density at radius 2 is 1.88 bits per heavy atom. The van der Waals surface area contributed by atoms with Gasteiger partial charge in [0.1, 0.15) is 0 Å². The number of nitrogens with one attached hydrogen (secondary N) is 1. The number of hydrogen-bond acceptors (Lipinski definition) is 2. The van der Waals surface area contributed by atoms with Crippen LogP contribution in [-0.2, 0) is 0 Å². The molecule has 0 amide bonds. The zero-order valence-corrected chi connectivity index (χ0v) is 9.27. The molecule has 2 rings (SSSR count). The molecule has 1 N–H and O–H groups in total. The van der Waals surface area contributed by atoms with Crippen molar-refractivity contribution in [3.8, 4) is 0 Å². The molecule has 0 fully saturated rings. The van der Waals surface area contributed by atoms with Crippen LogP contribution < -0.4 is 5.32 Å². The molecule has 1 aromatic carbocycles. The number of benzene rings is 1. The van der Waals surface area contributed by atoms with Crippen LogP contribution >= 0.6 is 0 Å². The Bertz CT molecular complexity index is 489. The van der Waals surface area contributed by atoms with Gasteiger partial charge in [0.2, 0.25) is 0 Å². The van der Waals surface area contributed by atoms with Gasteiger partial charge in [-0.05, 0) is 30.7 Å². The van der Waals surface area contributed by atoms with Crippen LogP contribution in [0.1, 0.15) is 11.3 Å². The Morgan fingerprint density at radius 1 is 1.12 bits per heavy atom. The maximum absolute atomic E-state index is 4.24. The highest BCUT2D eigenvalue weighted by molar-refractivity contribution is 5.74. The number of aromatic nitrogens is 1. The lowest BCUT2D eigenvalue weighted by Gasteiger charge is -2.10. The molecule has 0 saturated carbocycles. The van der Waals surface area contributed by atoms with Crippen LogP contribution in [-0.4, -0.2) is 4.98 Å². The quantitative estimate of drug-likeness (QED) is 0.839. The van der Waals surface area contributed by atoms with E-state index in [0.717, 1.165) is 17.1 Å². The van der Waals surface area contributed by atoms with E-state index in [1.54, 1.807) is 6.20 Å².